The third-order valence-corrected chi connectivity index (χ3v) is 11.2. The fourth-order valence-electron chi connectivity index (χ4n) is 7.78. The minimum absolute atomic E-state index is 0.141. The van der Waals surface area contributed by atoms with Gasteiger partial charge in [-0.15, -0.1) is 0 Å². The molecule has 2 aromatic heterocycles. The number of aromatic amines is 1. The van der Waals surface area contributed by atoms with E-state index in [0.717, 1.165) is 79.6 Å². The average Bonchev–Trinajstić information content (AvgIpc) is 3.63. The number of halogens is 1. The first-order chi connectivity index (χ1) is 24.7. The summed E-state index contributed by atoms with van der Waals surface area (Å²) in [6.45, 7) is 3.94. The van der Waals surface area contributed by atoms with Crippen LogP contribution in [-0.4, -0.2) is 81.6 Å². The molecule has 7 rings (SSSR count). The van der Waals surface area contributed by atoms with Crippen molar-refractivity contribution in [3.8, 4) is 16.9 Å². The van der Waals surface area contributed by atoms with Gasteiger partial charge >= 0.3 is 0 Å². The Morgan fingerprint density at radius 3 is 2.47 bits per heavy atom. The third-order valence-electron chi connectivity index (χ3n) is 10.8. The molecule has 268 valence electrons. The van der Waals surface area contributed by atoms with Gasteiger partial charge < -0.3 is 19.5 Å². The first-order valence-corrected chi connectivity index (χ1v) is 18.1. The maximum Gasteiger partial charge on any atom is 0.276 e. The standard InChI is InChI=1S/C38H44ClN7O5/c1-44-21-29(28-20-40-43-36(28)38(44)50)26-18-31(39)30(33(19-26)51-2)22-45-13-9-23(10-14-45)17-35(48)46-15-11-25(12-16-46)24-3-5-27(6-4-24)41-32-7-8-34(47)42-37(32)49/h3-6,18-21,23,25,32,41H,7-17,22H2,1-2H3,(H,40,43)(H,42,47,49). The normalized spacial score (nSPS) is 19.4. The summed E-state index contributed by atoms with van der Waals surface area (Å²) >= 11 is 6.89. The van der Waals surface area contributed by atoms with E-state index < -0.39 is 6.04 Å². The quantitative estimate of drug-likeness (QED) is 0.210. The molecule has 0 aliphatic carbocycles. The number of ether oxygens (including phenoxy) is 1. The number of likely N-dealkylation sites (tertiary alicyclic amines) is 2. The number of H-pyrrole nitrogens is 1. The number of carbonyl (C=O) groups is 3. The van der Waals surface area contributed by atoms with Crippen molar-refractivity contribution in [3.63, 3.8) is 0 Å². The number of rotatable bonds is 9. The second-order valence-electron chi connectivity index (χ2n) is 14.1. The minimum atomic E-state index is -0.398. The van der Waals surface area contributed by atoms with E-state index in [-0.39, 0.29) is 23.3 Å². The van der Waals surface area contributed by atoms with Crippen molar-refractivity contribution in [1.29, 1.82) is 0 Å². The van der Waals surface area contributed by atoms with Gasteiger partial charge in [0.05, 0.1) is 13.3 Å². The van der Waals surface area contributed by atoms with Crippen LogP contribution in [0.25, 0.3) is 22.0 Å². The summed E-state index contributed by atoms with van der Waals surface area (Å²) in [5.41, 5.74) is 5.04. The van der Waals surface area contributed by atoms with Gasteiger partial charge in [-0.1, -0.05) is 23.7 Å². The number of benzene rings is 2. The van der Waals surface area contributed by atoms with Crippen LogP contribution < -0.4 is 20.9 Å². The van der Waals surface area contributed by atoms with Gasteiger partial charge in [0, 0.05) is 72.9 Å². The molecule has 3 N–H and O–H groups in total. The molecule has 51 heavy (non-hydrogen) atoms. The van der Waals surface area contributed by atoms with Crippen molar-refractivity contribution in [2.24, 2.45) is 13.0 Å². The molecule has 1 unspecified atom stereocenters. The van der Waals surface area contributed by atoms with Crippen molar-refractivity contribution < 1.29 is 19.1 Å². The molecule has 3 aliphatic rings. The van der Waals surface area contributed by atoms with E-state index in [9.17, 15) is 19.2 Å². The highest BCUT2D eigenvalue weighted by atomic mass is 35.5. The van der Waals surface area contributed by atoms with E-state index in [4.69, 9.17) is 16.3 Å². The number of anilines is 1. The number of hydrogen-bond acceptors (Lipinski definition) is 8. The van der Waals surface area contributed by atoms with Gasteiger partial charge in [-0.3, -0.25) is 34.5 Å². The number of fused-ring (bicyclic) bond motifs is 1. The van der Waals surface area contributed by atoms with E-state index in [1.165, 1.54) is 10.1 Å². The van der Waals surface area contributed by atoms with Crippen LogP contribution in [0.15, 0.2) is 53.6 Å². The van der Waals surface area contributed by atoms with Crippen molar-refractivity contribution in [1.82, 2.24) is 29.9 Å². The highest BCUT2D eigenvalue weighted by Crippen LogP contribution is 2.37. The molecule has 5 heterocycles. The number of nitrogens with zero attached hydrogens (tertiary/aromatic N) is 4. The van der Waals surface area contributed by atoms with Crippen molar-refractivity contribution in [3.05, 3.63) is 75.3 Å². The van der Waals surface area contributed by atoms with Crippen LogP contribution in [0.3, 0.4) is 0 Å². The number of nitrogens with one attached hydrogen (secondary N) is 3. The predicted molar refractivity (Wildman–Crippen MR) is 196 cm³/mol. The second kappa shape index (κ2) is 14.9. The summed E-state index contributed by atoms with van der Waals surface area (Å²) in [5.74, 6) is 1.21. The Bertz CT molecular complexity index is 1990. The Hall–Kier alpha value is -4.68. The monoisotopic (exact) mass is 713 g/mol. The number of pyridine rings is 1. The zero-order valence-corrected chi connectivity index (χ0v) is 29.8. The number of methoxy groups -OCH3 is 1. The second-order valence-corrected chi connectivity index (χ2v) is 14.5. The van der Waals surface area contributed by atoms with Crippen molar-refractivity contribution in [2.75, 3.05) is 38.6 Å². The molecule has 0 bridgehead atoms. The Labute approximate surface area is 301 Å². The summed E-state index contributed by atoms with van der Waals surface area (Å²) in [5, 5.41) is 13.9. The summed E-state index contributed by atoms with van der Waals surface area (Å²) in [4.78, 5) is 53.8. The molecular weight excluding hydrogens is 670 g/mol. The van der Waals surface area contributed by atoms with Gasteiger partial charge in [0.2, 0.25) is 17.7 Å². The van der Waals surface area contributed by atoms with E-state index >= 15 is 0 Å². The molecule has 4 aromatic rings. The zero-order valence-electron chi connectivity index (χ0n) is 29.0. The van der Waals surface area contributed by atoms with Crippen LogP contribution in [0.2, 0.25) is 5.02 Å². The van der Waals surface area contributed by atoms with Crippen LogP contribution in [0.4, 0.5) is 5.69 Å². The molecule has 3 saturated heterocycles. The molecule has 3 aliphatic heterocycles. The van der Waals surface area contributed by atoms with Crippen LogP contribution >= 0.6 is 11.6 Å². The van der Waals surface area contributed by atoms with Crippen LogP contribution in [-0.2, 0) is 28.0 Å². The highest BCUT2D eigenvalue weighted by molar-refractivity contribution is 6.32. The lowest BCUT2D eigenvalue weighted by atomic mass is 9.88. The highest BCUT2D eigenvalue weighted by Gasteiger charge is 2.29. The van der Waals surface area contributed by atoms with Crippen LogP contribution in [0.1, 0.15) is 62.0 Å². The van der Waals surface area contributed by atoms with E-state index in [1.54, 1.807) is 26.6 Å². The fraction of sp³-hybridized carbons (Fsp3) is 0.447. The van der Waals surface area contributed by atoms with Crippen molar-refractivity contribution >= 4 is 45.9 Å². The molecule has 2 aromatic carbocycles. The summed E-state index contributed by atoms with van der Waals surface area (Å²) in [6.07, 6.45) is 8.65. The van der Waals surface area contributed by atoms with E-state index in [0.29, 0.717) is 53.9 Å². The number of amides is 3. The van der Waals surface area contributed by atoms with Gasteiger partial charge in [0.15, 0.2) is 0 Å². The lowest BCUT2D eigenvalue weighted by molar-refractivity contribution is -0.134. The summed E-state index contributed by atoms with van der Waals surface area (Å²) < 4.78 is 7.35. The summed E-state index contributed by atoms with van der Waals surface area (Å²) in [7, 11) is 3.36. The molecule has 3 fully saturated rings. The number of carbonyl (C=O) groups excluding carboxylic acids is 3. The maximum atomic E-state index is 13.3. The van der Waals surface area contributed by atoms with Crippen molar-refractivity contribution in [2.45, 2.75) is 63.5 Å². The SMILES string of the molecule is COc1cc(-c2cn(C)c(=O)c3[nH]ncc23)cc(Cl)c1CN1CCC(CC(=O)N2CCC(c3ccc(NC4CCC(=O)NC4=O)cc3)CC2)CC1. The van der Waals surface area contributed by atoms with Gasteiger partial charge in [-0.25, -0.2) is 0 Å². The number of piperidine rings is 3. The Morgan fingerprint density at radius 1 is 1.02 bits per heavy atom. The lowest BCUT2D eigenvalue weighted by Crippen LogP contribution is -2.47. The predicted octanol–water partition coefficient (Wildman–Crippen LogP) is 4.82. The summed E-state index contributed by atoms with van der Waals surface area (Å²) in [6, 6.07) is 11.7. The largest absolute Gasteiger partial charge is 0.496 e. The Kier molecular flexibility index (Phi) is 10.1. The molecule has 12 nitrogen and oxygen atoms in total. The molecule has 0 spiro atoms. The van der Waals surface area contributed by atoms with Gasteiger partial charge in [0.1, 0.15) is 17.3 Å². The topological polar surface area (TPSA) is 142 Å². The molecular formula is C38H44ClN7O5. The first-order valence-electron chi connectivity index (χ1n) is 17.8. The number of imide groups is 1. The molecule has 3 amide bonds. The molecule has 13 heteroatoms. The Morgan fingerprint density at radius 2 is 1.76 bits per heavy atom. The minimum Gasteiger partial charge on any atom is -0.496 e. The van der Waals surface area contributed by atoms with Crippen LogP contribution in [0, 0.1) is 5.92 Å². The molecule has 1 atom stereocenters. The first kappa shape index (κ1) is 34.8. The fourth-order valence-corrected chi connectivity index (χ4v) is 8.05. The van der Waals surface area contributed by atoms with E-state index in [2.05, 4.69) is 37.9 Å². The number of aryl methyl sites for hydroxylation is 1. The number of aromatic nitrogens is 3. The third kappa shape index (κ3) is 7.52. The average molecular weight is 714 g/mol. The smallest absolute Gasteiger partial charge is 0.276 e. The maximum absolute atomic E-state index is 13.3. The molecule has 0 radical (unpaired) electrons. The molecule has 0 saturated carbocycles. The van der Waals surface area contributed by atoms with Gasteiger partial charge in [-0.2, -0.15) is 5.10 Å². The van der Waals surface area contributed by atoms with Gasteiger partial charge in [-0.05, 0) is 92.4 Å². The Balaban J connectivity index is 0.886. The van der Waals surface area contributed by atoms with E-state index in [1.807, 2.05) is 29.2 Å². The van der Waals surface area contributed by atoms with Gasteiger partial charge in [0.25, 0.3) is 5.56 Å². The van der Waals surface area contributed by atoms with Crippen LogP contribution in [0.5, 0.6) is 5.75 Å². The lowest BCUT2D eigenvalue weighted by Gasteiger charge is -2.35. The number of hydrogen-bond donors (Lipinski definition) is 3. The zero-order chi connectivity index (χ0) is 35.6.